The van der Waals surface area contributed by atoms with Crippen LogP contribution in [-0.4, -0.2) is 23.4 Å². The van der Waals surface area contributed by atoms with Crippen LogP contribution < -0.4 is 10.1 Å². The van der Waals surface area contributed by atoms with Crippen LogP contribution in [0, 0.1) is 11.3 Å². The van der Waals surface area contributed by atoms with Gasteiger partial charge in [0.15, 0.2) is 0 Å². The van der Waals surface area contributed by atoms with Crippen LogP contribution in [0.1, 0.15) is 11.1 Å². The molecule has 1 aliphatic heterocycles. The van der Waals surface area contributed by atoms with Crippen molar-refractivity contribution in [1.29, 1.82) is 5.26 Å². The van der Waals surface area contributed by atoms with E-state index in [2.05, 4.69) is 16.5 Å². The average molecular weight is 252 g/mol. The second kappa shape index (κ2) is 4.50. The van der Waals surface area contributed by atoms with Crippen LogP contribution in [0.4, 0.5) is 5.82 Å². The van der Waals surface area contributed by atoms with Crippen LogP contribution in [0.2, 0.25) is 0 Å². The smallest absolute Gasteiger partial charge is 0.148 e. The number of ether oxygens (including phenoxy) is 1. The molecule has 0 saturated heterocycles. The highest BCUT2D eigenvalue weighted by Crippen LogP contribution is 2.28. The molecule has 1 N–H and O–H groups in total. The maximum Gasteiger partial charge on any atom is 0.148 e. The number of aromatic nitrogens is 2. The number of fused-ring (bicyclic) bond motifs is 1. The molecule has 0 amide bonds. The molecular formula is C14H12N4O. The number of nitrogens with one attached hydrogen (secondary N) is 1. The summed E-state index contributed by atoms with van der Waals surface area (Å²) in [6.45, 7) is 0.674. The lowest BCUT2D eigenvalue weighted by Gasteiger charge is -2.18. The van der Waals surface area contributed by atoms with Gasteiger partial charge in [0, 0.05) is 12.1 Å². The van der Waals surface area contributed by atoms with Gasteiger partial charge in [-0.25, -0.2) is 4.68 Å². The average Bonchev–Trinajstić information content (AvgIpc) is 2.90. The molecule has 0 saturated carbocycles. The fourth-order valence-corrected chi connectivity index (χ4v) is 2.14. The van der Waals surface area contributed by atoms with Crippen molar-refractivity contribution < 1.29 is 4.74 Å². The first-order valence-corrected chi connectivity index (χ1v) is 5.90. The second-order valence-corrected chi connectivity index (χ2v) is 4.13. The predicted octanol–water partition coefficient (Wildman–Crippen LogP) is 2.08. The largest absolute Gasteiger partial charge is 0.497 e. The van der Waals surface area contributed by atoms with Gasteiger partial charge in [0.25, 0.3) is 0 Å². The third-order valence-corrected chi connectivity index (χ3v) is 3.05. The summed E-state index contributed by atoms with van der Waals surface area (Å²) in [5.74, 6) is 1.54. The minimum Gasteiger partial charge on any atom is -0.497 e. The summed E-state index contributed by atoms with van der Waals surface area (Å²) in [7, 11) is 1.64. The number of benzene rings is 1. The number of nitriles is 1. The zero-order valence-corrected chi connectivity index (χ0v) is 10.4. The quantitative estimate of drug-likeness (QED) is 0.888. The standard InChI is InChI=1S/C14H12N4O/c1-19-12-4-2-3-10(7-12)13-5-6-16-14-11(8-15)9-17-18(13)14/h2-5,7,9,16H,6H2,1H3. The van der Waals surface area contributed by atoms with Crippen LogP contribution in [0.25, 0.3) is 5.70 Å². The second-order valence-electron chi connectivity index (χ2n) is 4.13. The van der Waals surface area contributed by atoms with E-state index in [1.165, 1.54) is 0 Å². The first kappa shape index (κ1) is 11.4. The third kappa shape index (κ3) is 1.83. The van der Waals surface area contributed by atoms with Crippen molar-refractivity contribution >= 4 is 11.5 Å². The number of anilines is 1. The van der Waals surface area contributed by atoms with E-state index in [0.29, 0.717) is 12.1 Å². The molecule has 5 nitrogen and oxygen atoms in total. The molecule has 0 atom stereocenters. The molecule has 1 aliphatic rings. The molecule has 19 heavy (non-hydrogen) atoms. The Labute approximate surface area is 110 Å². The molecule has 0 bridgehead atoms. The van der Waals surface area contributed by atoms with Crippen LogP contribution >= 0.6 is 0 Å². The van der Waals surface area contributed by atoms with E-state index in [-0.39, 0.29) is 0 Å². The minimum atomic E-state index is 0.550. The predicted molar refractivity (Wildman–Crippen MR) is 71.8 cm³/mol. The maximum atomic E-state index is 9.04. The SMILES string of the molecule is COc1cccc(C2=CCNc3c(C#N)cnn32)c1. The molecule has 0 aliphatic carbocycles. The summed E-state index contributed by atoms with van der Waals surface area (Å²) in [4.78, 5) is 0. The van der Waals surface area contributed by atoms with E-state index in [1.54, 1.807) is 18.0 Å². The number of hydrogen-bond acceptors (Lipinski definition) is 4. The van der Waals surface area contributed by atoms with Gasteiger partial charge >= 0.3 is 0 Å². The molecule has 0 fully saturated rings. The molecule has 2 aromatic rings. The Balaban J connectivity index is 2.09. The molecule has 1 aromatic heterocycles. The van der Waals surface area contributed by atoms with Gasteiger partial charge < -0.3 is 10.1 Å². The summed E-state index contributed by atoms with van der Waals surface area (Å²) in [6, 6.07) is 9.92. The van der Waals surface area contributed by atoms with Crippen molar-refractivity contribution in [3.63, 3.8) is 0 Å². The van der Waals surface area contributed by atoms with E-state index in [1.807, 2.05) is 30.3 Å². The third-order valence-electron chi connectivity index (χ3n) is 3.05. The number of nitrogens with zero attached hydrogens (tertiary/aromatic N) is 3. The van der Waals surface area contributed by atoms with Crippen molar-refractivity contribution in [3.05, 3.63) is 47.7 Å². The Morgan fingerprint density at radius 3 is 3.16 bits per heavy atom. The molecule has 0 spiro atoms. The Kier molecular flexibility index (Phi) is 2.69. The highest BCUT2D eigenvalue weighted by atomic mass is 16.5. The van der Waals surface area contributed by atoms with Crippen LogP contribution in [-0.2, 0) is 0 Å². The zero-order valence-electron chi connectivity index (χ0n) is 10.4. The van der Waals surface area contributed by atoms with E-state index in [0.717, 1.165) is 22.8 Å². The zero-order chi connectivity index (χ0) is 13.2. The minimum absolute atomic E-state index is 0.550. The first-order valence-electron chi connectivity index (χ1n) is 5.90. The van der Waals surface area contributed by atoms with Crippen LogP contribution in [0.15, 0.2) is 36.5 Å². The van der Waals surface area contributed by atoms with Crippen molar-refractivity contribution in [3.8, 4) is 11.8 Å². The number of methoxy groups -OCH3 is 1. The van der Waals surface area contributed by atoms with Crippen molar-refractivity contribution in [1.82, 2.24) is 9.78 Å². The molecule has 94 valence electrons. The summed E-state index contributed by atoms with van der Waals surface area (Å²) in [5, 5.41) is 16.5. The molecular weight excluding hydrogens is 240 g/mol. The lowest BCUT2D eigenvalue weighted by atomic mass is 10.1. The fraction of sp³-hybridized carbons (Fsp3) is 0.143. The Hall–Kier alpha value is -2.74. The first-order chi connectivity index (χ1) is 9.33. The van der Waals surface area contributed by atoms with Gasteiger partial charge in [-0.2, -0.15) is 10.4 Å². The van der Waals surface area contributed by atoms with Gasteiger partial charge in [-0.3, -0.25) is 0 Å². The molecule has 0 radical (unpaired) electrons. The highest BCUT2D eigenvalue weighted by molar-refractivity contribution is 5.74. The lowest BCUT2D eigenvalue weighted by molar-refractivity contribution is 0.414. The van der Waals surface area contributed by atoms with Crippen molar-refractivity contribution in [2.24, 2.45) is 0 Å². The molecule has 3 rings (SSSR count). The summed E-state index contributed by atoms with van der Waals surface area (Å²) in [6.07, 6.45) is 3.61. The highest BCUT2D eigenvalue weighted by Gasteiger charge is 2.18. The lowest BCUT2D eigenvalue weighted by Crippen LogP contribution is -2.15. The normalized spacial score (nSPS) is 12.9. The number of hydrogen-bond donors (Lipinski definition) is 1. The molecule has 2 heterocycles. The summed E-state index contributed by atoms with van der Waals surface area (Å²) < 4.78 is 6.98. The monoisotopic (exact) mass is 252 g/mol. The van der Waals surface area contributed by atoms with E-state index in [4.69, 9.17) is 10.00 Å². The summed E-state index contributed by atoms with van der Waals surface area (Å²) in [5.41, 5.74) is 2.51. The van der Waals surface area contributed by atoms with Crippen LogP contribution in [0.3, 0.4) is 0 Å². The molecule has 1 aromatic carbocycles. The Bertz CT molecular complexity index is 694. The van der Waals surface area contributed by atoms with Crippen molar-refractivity contribution in [2.75, 3.05) is 19.0 Å². The van der Waals surface area contributed by atoms with Crippen LogP contribution in [0.5, 0.6) is 5.75 Å². The van der Waals surface area contributed by atoms with E-state index < -0.39 is 0 Å². The van der Waals surface area contributed by atoms with Gasteiger partial charge in [0.05, 0.1) is 19.0 Å². The van der Waals surface area contributed by atoms with Gasteiger partial charge in [-0.1, -0.05) is 12.1 Å². The Morgan fingerprint density at radius 1 is 1.47 bits per heavy atom. The topological polar surface area (TPSA) is 62.9 Å². The van der Waals surface area contributed by atoms with Gasteiger partial charge in [0.1, 0.15) is 23.2 Å². The number of rotatable bonds is 2. The molecule has 5 heteroatoms. The van der Waals surface area contributed by atoms with Gasteiger partial charge in [-0.05, 0) is 18.2 Å². The van der Waals surface area contributed by atoms with E-state index in [9.17, 15) is 0 Å². The fourth-order valence-electron chi connectivity index (χ4n) is 2.14. The van der Waals surface area contributed by atoms with Crippen molar-refractivity contribution in [2.45, 2.75) is 0 Å². The van der Waals surface area contributed by atoms with Gasteiger partial charge in [-0.15, -0.1) is 0 Å². The Morgan fingerprint density at radius 2 is 2.37 bits per heavy atom. The molecule has 0 unspecified atom stereocenters. The maximum absolute atomic E-state index is 9.04. The van der Waals surface area contributed by atoms with E-state index >= 15 is 0 Å². The van der Waals surface area contributed by atoms with Gasteiger partial charge in [0.2, 0.25) is 0 Å². The summed E-state index contributed by atoms with van der Waals surface area (Å²) >= 11 is 0.